The van der Waals surface area contributed by atoms with Gasteiger partial charge >= 0.3 is 0 Å². The lowest BCUT2D eigenvalue weighted by Gasteiger charge is -2.22. The van der Waals surface area contributed by atoms with Crippen molar-refractivity contribution in [1.29, 1.82) is 0 Å². The zero-order chi connectivity index (χ0) is 20.7. The number of halogens is 1. The van der Waals surface area contributed by atoms with Crippen molar-refractivity contribution >= 4 is 21.7 Å². The zero-order valence-electron chi connectivity index (χ0n) is 16.7. The summed E-state index contributed by atoms with van der Waals surface area (Å²) in [6.07, 6.45) is 1.97. The molecular weight excluding hydrogens is 381 g/mol. The van der Waals surface area contributed by atoms with Gasteiger partial charge in [0.1, 0.15) is 5.82 Å². The lowest BCUT2D eigenvalue weighted by molar-refractivity contribution is 0.462. The zero-order valence-corrected chi connectivity index (χ0v) is 17.6. The molecule has 0 aliphatic carbocycles. The van der Waals surface area contributed by atoms with Gasteiger partial charge in [-0.25, -0.2) is 12.8 Å². The number of benzene rings is 1. The molecule has 0 radical (unpaired) electrons. The maximum atomic E-state index is 13.6. The highest BCUT2D eigenvalue weighted by atomic mass is 32.2. The minimum atomic E-state index is -3.63. The van der Waals surface area contributed by atoms with Crippen LogP contribution < -0.4 is 10.0 Å². The van der Waals surface area contributed by atoms with E-state index in [2.05, 4.69) is 15.0 Å². The largest absolute Gasteiger partial charge is 0.357 e. The molecule has 0 spiro atoms. The van der Waals surface area contributed by atoms with E-state index in [1.165, 1.54) is 18.2 Å². The van der Waals surface area contributed by atoms with Crippen molar-refractivity contribution in [3.8, 4) is 0 Å². The Balaban J connectivity index is 1.99. The molecule has 154 valence electrons. The van der Waals surface area contributed by atoms with Crippen LogP contribution >= 0.6 is 0 Å². The number of anilines is 1. The Hall–Kier alpha value is -2.55. The van der Waals surface area contributed by atoms with Crippen molar-refractivity contribution in [1.82, 2.24) is 14.8 Å². The van der Waals surface area contributed by atoms with Gasteiger partial charge in [0.05, 0.1) is 24.5 Å². The Morgan fingerprint density at radius 3 is 2.68 bits per heavy atom. The minimum absolute atomic E-state index is 0.0868. The molecule has 2 rings (SSSR count). The van der Waals surface area contributed by atoms with Crippen LogP contribution in [0.5, 0.6) is 0 Å². The molecule has 1 aromatic carbocycles. The summed E-state index contributed by atoms with van der Waals surface area (Å²) in [5, 5.41) is 3.17. The van der Waals surface area contributed by atoms with Gasteiger partial charge in [-0.05, 0) is 43.7 Å². The van der Waals surface area contributed by atoms with Crippen LogP contribution in [0, 0.1) is 12.7 Å². The quantitative estimate of drug-likeness (QED) is 0.518. The molecule has 0 unspecified atom stereocenters. The first-order chi connectivity index (χ1) is 13.2. The fraction of sp³-hybridized carbons (Fsp3) is 0.421. The van der Waals surface area contributed by atoms with Gasteiger partial charge in [-0.2, -0.15) is 0 Å². The van der Waals surface area contributed by atoms with E-state index in [-0.39, 0.29) is 18.0 Å². The SMILES string of the molecule is CCNC(=NCCS(=O)(=O)Nc1ccc(C)c(F)c1)N(C)Cc1cccn1C. The molecule has 9 heteroatoms. The molecule has 1 heterocycles. The predicted molar refractivity (Wildman–Crippen MR) is 111 cm³/mol. The Morgan fingerprint density at radius 1 is 1.32 bits per heavy atom. The van der Waals surface area contributed by atoms with Crippen molar-refractivity contribution in [2.75, 3.05) is 30.6 Å². The number of aryl methyl sites for hydroxylation is 2. The van der Waals surface area contributed by atoms with Gasteiger partial charge < -0.3 is 14.8 Å². The van der Waals surface area contributed by atoms with E-state index < -0.39 is 15.8 Å². The van der Waals surface area contributed by atoms with Crippen LogP contribution in [-0.4, -0.2) is 49.7 Å². The van der Waals surface area contributed by atoms with Gasteiger partial charge in [-0.3, -0.25) is 9.71 Å². The highest BCUT2D eigenvalue weighted by Crippen LogP contribution is 2.15. The average molecular weight is 410 g/mol. The van der Waals surface area contributed by atoms with Crippen LogP contribution in [0.3, 0.4) is 0 Å². The van der Waals surface area contributed by atoms with Gasteiger partial charge in [0, 0.05) is 32.5 Å². The summed E-state index contributed by atoms with van der Waals surface area (Å²) >= 11 is 0. The minimum Gasteiger partial charge on any atom is -0.357 e. The number of sulfonamides is 1. The molecule has 0 saturated heterocycles. The third-order valence-corrected chi connectivity index (χ3v) is 5.48. The molecular formula is C19H28FN5O2S. The van der Waals surface area contributed by atoms with Gasteiger partial charge in [0.25, 0.3) is 0 Å². The Morgan fingerprint density at radius 2 is 2.07 bits per heavy atom. The summed E-state index contributed by atoms with van der Waals surface area (Å²) in [5.74, 6) is -0.0229. The fourth-order valence-electron chi connectivity index (χ4n) is 2.61. The van der Waals surface area contributed by atoms with Crippen molar-refractivity contribution in [2.24, 2.45) is 12.0 Å². The Kier molecular flexibility index (Phi) is 7.45. The predicted octanol–water partition coefficient (Wildman–Crippen LogP) is 2.31. The summed E-state index contributed by atoms with van der Waals surface area (Å²) < 4.78 is 42.5. The summed E-state index contributed by atoms with van der Waals surface area (Å²) in [5.41, 5.74) is 1.78. The number of rotatable bonds is 8. The van der Waals surface area contributed by atoms with Crippen LogP contribution in [0.2, 0.25) is 0 Å². The Labute approximate surface area is 166 Å². The monoisotopic (exact) mass is 409 g/mol. The number of nitrogens with zero attached hydrogens (tertiary/aromatic N) is 3. The second kappa shape index (κ2) is 9.59. The first kappa shape index (κ1) is 21.7. The van der Waals surface area contributed by atoms with Gasteiger partial charge in [0.2, 0.25) is 10.0 Å². The number of aliphatic imine (C=N–C) groups is 1. The highest BCUT2D eigenvalue weighted by molar-refractivity contribution is 7.92. The van der Waals surface area contributed by atoms with Crippen LogP contribution in [-0.2, 0) is 23.6 Å². The van der Waals surface area contributed by atoms with Crippen LogP contribution in [0.1, 0.15) is 18.2 Å². The summed E-state index contributed by atoms with van der Waals surface area (Å²) in [4.78, 5) is 6.35. The van der Waals surface area contributed by atoms with Crippen molar-refractivity contribution in [3.05, 3.63) is 53.6 Å². The van der Waals surface area contributed by atoms with E-state index >= 15 is 0 Å². The number of guanidine groups is 1. The molecule has 0 saturated carbocycles. The molecule has 0 bridgehead atoms. The summed E-state index contributed by atoms with van der Waals surface area (Å²) in [7, 11) is 0.239. The van der Waals surface area contributed by atoms with Crippen LogP contribution in [0.4, 0.5) is 10.1 Å². The molecule has 0 fully saturated rings. The molecule has 0 aliphatic rings. The molecule has 0 amide bonds. The van der Waals surface area contributed by atoms with Crippen LogP contribution in [0.15, 0.2) is 41.5 Å². The maximum Gasteiger partial charge on any atom is 0.234 e. The van der Waals surface area contributed by atoms with E-state index in [0.29, 0.717) is 24.6 Å². The third kappa shape index (κ3) is 6.26. The number of aromatic nitrogens is 1. The van der Waals surface area contributed by atoms with Gasteiger partial charge in [-0.15, -0.1) is 0 Å². The van der Waals surface area contributed by atoms with Gasteiger partial charge in [-0.1, -0.05) is 6.07 Å². The molecule has 28 heavy (non-hydrogen) atoms. The van der Waals surface area contributed by atoms with Crippen molar-refractivity contribution in [3.63, 3.8) is 0 Å². The molecule has 0 aliphatic heterocycles. The average Bonchev–Trinajstić information content (AvgIpc) is 3.02. The third-order valence-electron chi connectivity index (χ3n) is 4.21. The van der Waals surface area contributed by atoms with Crippen LogP contribution in [0.25, 0.3) is 0 Å². The van der Waals surface area contributed by atoms with Gasteiger partial charge in [0.15, 0.2) is 5.96 Å². The lowest BCUT2D eigenvalue weighted by atomic mass is 10.2. The van der Waals surface area contributed by atoms with E-state index in [1.807, 2.05) is 48.8 Å². The molecule has 0 atom stereocenters. The second-order valence-corrected chi connectivity index (χ2v) is 8.43. The second-order valence-electron chi connectivity index (χ2n) is 6.59. The molecule has 1 aromatic heterocycles. The molecule has 7 nitrogen and oxygen atoms in total. The van der Waals surface area contributed by atoms with E-state index in [0.717, 1.165) is 5.69 Å². The number of hydrogen-bond donors (Lipinski definition) is 2. The van der Waals surface area contributed by atoms with Crippen molar-refractivity contribution in [2.45, 2.75) is 20.4 Å². The van der Waals surface area contributed by atoms with E-state index in [9.17, 15) is 12.8 Å². The van der Waals surface area contributed by atoms with E-state index in [1.54, 1.807) is 6.92 Å². The first-order valence-electron chi connectivity index (χ1n) is 9.08. The fourth-order valence-corrected chi connectivity index (χ4v) is 3.53. The highest BCUT2D eigenvalue weighted by Gasteiger charge is 2.13. The number of nitrogens with one attached hydrogen (secondary N) is 2. The Bertz CT molecular complexity index is 924. The lowest BCUT2D eigenvalue weighted by Crippen LogP contribution is -2.39. The molecule has 2 N–H and O–H groups in total. The van der Waals surface area contributed by atoms with E-state index in [4.69, 9.17) is 0 Å². The topological polar surface area (TPSA) is 78.7 Å². The summed E-state index contributed by atoms with van der Waals surface area (Å²) in [6.45, 7) is 4.98. The number of hydrogen-bond acceptors (Lipinski definition) is 3. The molecule has 2 aromatic rings. The first-order valence-corrected chi connectivity index (χ1v) is 10.7. The normalized spacial score (nSPS) is 12.1. The standard InChI is InChI=1S/C19H28FN5O2S/c1-5-21-19(25(4)14-17-7-6-11-24(17)3)22-10-12-28(26,27)23-16-9-8-15(2)18(20)13-16/h6-9,11,13,23H,5,10,12,14H2,1-4H3,(H,21,22). The smallest absolute Gasteiger partial charge is 0.234 e. The summed E-state index contributed by atoms with van der Waals surface area (Å²) in [6, 6.07) is 8.24. The maximum absolute atomic E-state index is 13.6. The van der Waals surface area contributed by atoms with Crippen molar-refractivity contribution < 1.29 is 12.8 Å².